The highest BCUT2D eigenvalue weighted by Crippen LogP contribution is 2.16. The number of nitrogens with one attached hydrogen (secondary N) is 1. The zero-order valence-corrected chi connectivity index (χ0v) is 12.2. The van der Waals surface area contributed by atoms with Gasteiger partial charge in [0.1, 0.15) is 0 Å². The van der Waals surface area contributed by atoms with Gasteiger partial charge in [0.2, 0.25) is 10.0 Å². The molecule has 0 spiro atoms. The SMILES string of the molecule is Cc1cc(N)cc(S(=O)(=O)NCCc2ccsc2)c1. The van der Waals surface area contributed by atoms with Crippen LogP contribution in [0.5, 0.6) is 0 Å². The third kappa shape index (κ3) is 3.79. The standard InChI is InChI=1S/C13H16N2O2S2/c1-10-6-12(14)8-13(7-10)19(16,17)15-4-2-11-3-5-18-9-11/h3,5-9,15H,2,4,14H2,1H3. The Morgan fingerprint density at radius 1 is 1.32 bits per heavy atom. The molecular weight excluding hydrogens is 280 g/mol. The van der Waals surface area contributed by atoms with Gasteiger partial charge < -0.3 is 5.73 Å². The first-order valence-corrected chi connectivity index (χ1v) is 8.28. The van der Waals surface area contributed by atoms with Gasteiger partial charge in [-0.2, -0.15) is 11.3 Å². The zero-order valence-electron chi connectivity index (χ0n) is 10.6. The number of thiophene rings is 1. The van der Waals surface area contributed by atoms with Crippen LogP contribution >= 0.6 is 11.3 Å². The predicted octanol–water partition coefficient (Wildman–Crippen LogP) is 2.16. The van der Waals surface area contributed by atoms with E-state index in [1.165, 1.54) is 6.07 Å². The molecule has 0 amide bonds. The summed E-state index contributed by atoms with van der Waals surface area (Å²) in [6, 6.07) is 6.82. The fourth-order valence-corrected chi connectivity index (χ4v) is 3.65. The summed E-state index contributed by atoms with van der Waals surface area (Å²) in [7, 11) is -3.49. The van der Waals surface area contributed by atoms with Gasteiger partial charge in [0.25, 0.3) is 0 Å². The third-order valence-electron chi connectivity index (χ3n) is 2.67. The van der Waals surface area contributed by atoms with Gasteiger partial charge in [0, 0.05) is 12.2 Å². The first-order chi connectivity index (χ1) is 8.97. The Morgan fingerprint density at radius 2 is 2.11 bits per heavy atom. The summed E-state index contributed by atoms with van der Waals surface area (Å²) in [5, 5.41) is 3.99. The Balaban J connectivity index is 2.05. The number of sulfonamides is 1. The maximum absolute atomic E-state index is 12.1. The van der Waals surface area contributed by atoms with Gasteiger partial charge in [0.15, 0.2) is 0 Å². The Morgan fingerprint density at radius 3 is 2.74 bits per heavy atom. The van der Waals surface area contributed by atoms with Crippen molar-refractivity contribution in [1.82, 2.24) is 4.72 Å². The average molecular weight is 296 g/mol. The molecular formula is C13H16N2O2S2. The molecule has 0 aliphatic heterocycles. The van der Waals surface area contributed by atoms with Gasteiger partial charge in [-0.1, -0.05) is 0 Å². The van der Waals surface area contributed by atoms with Crippen molar-refractivity contribution < 1.29 is 8.42 Å². The van der Waals surface area contributed by atoms with Gasteiger partial charge in [-0.25, -0.2) is 13.1 Å². The topological polar surface area (TPSA) is 72.2 Å². The molecule has 2 aromatic rings. The number of rotatable bonds is 5. The van der Waals surface area contributed by atoms with Crippen molar-refractivity contribution >= 4 is 27.0 Å². The molecule has 0 aliphatic rings. The Labute approximate surface area is 117 Å². The molecule has 4 nitrogen and oxygen atoms in total. The van der Waals surface area contributed by atoms with E-state index >= 15 is 0 Å². The number of hydrogen-bond donors (Lipinski definition) is 2. The molecule has 0 fully saturated rings. The van der Waals surface area contributed by atoms with Gasteiger partial charge in [-0.05, 0) is 59.5 Å². The summed E-state index contributed by atoms with van der Waals surface area (Å²) < 4.78 is 26.8. The molecule has 2 rings (SSSR count). The fraction of sp³-hybridized carbons (Fsp3) is 0.231. The summed E-state index contributed by atoms with van der Waals surface area (Å²) in [5.74, 6) is 0. The average Bonchev–Trinajstić information content (AvgIpc) is 2.80. The van der Waals surface area contributed by atoms with Crippen LogP contribution in [-0.4, -0.2) is 15.0 Å². The Kier molecular flexibility index (Phi) is 4.24. The first kappa shape index (κ1) is 14.0. The van der Waals surface area contributed by atoms with E-state index in [-0.39, 0.29) is 4.90 Å². The van der Waals surface area contributed by atoms with Crippen molar-refractivity contribution in [2.24, 2.45) is 0 Å². The number of nitrogens with two attached hydrogens (primary N) is 1. The molecule has 0 unspecified atom stereocenters. The Hall–Kier alpha value is -1.37. The van der Waals surface area contributed by atoms with Crippen LogP contribution in [0.2, 0.25) is 0 Å². The lowest BCUT2D eigenvalue weighted by Gasteiger charge is -2.08. The molecule has 6 heteroatoms. The minimum atomic E-state index is -3.49. The molecule has 0 atom stereocenters. The lowest BCUT2D eigenvalue weighted by molar-refractivity contribution is 0.581. The molecule has 0 aliphatic carbocycles. The predicted molar refractivity (Wildman–Crippen MR) is 78.8 cm³/mol. The zero-order chi connectivity index (χ0) is 13.9. The molecule has 3 N–H and O–H groups in total. The maximum Gasteiger partial charge on any atom is 0.240 e. The van der Waals surface area contributed by atoms with E-state index in [0.717, 1.165) is 11.1 Å². The van der Waals surface area contributed by atoms with E-state index < -0.39 is 10.0 Å². The van der Waals surface area contributed by atoms with Crippen LogP contribution < -0.4 is 10.5 Å². The van der Waals surface area contributed by atoms with Crippen molar-refractivity contribution in [3.8, 4) is 0 Å². The first-order valence-electron chi connectivity index (χ1n) is 5.85. The van der Waals surface area contributed by atoms with Crippen LogP contribution in [0.25, 0.3) is 0 Å². The van der Waals surface area contributed by atoms with E-state index in [1.807, 2.05) is 23.8 Å². The normalized spacial score (nSPS) is 11.6. The molecule has 0 bridgehead atoms. The van der Waals surface area contributed by atoms with Gasteiger partial charge in [-0.3, -0.25) is 0 Å². The molecule has 1 aromatic heterocycles. The number of anilines is 1. The lowest BCUT2D eigenvalue weighted by Crippen LogP contribution is -2.26. The molecule has 1 heterocycles. The second kappa shape index (κ2) is 5.73. The lowest BCUT2D eigenvalue weighted by atomic mass is 10.2. The van der Waals surface area contributed by atoms with Crippen LogP contribution in [0.3, 0.4) is 0 Å². The molecule has 102 valence electrons. The quantitative estimate of drug-likeness (QED) is 0.831. The summed E-state index contributed by atoms with van der Waals surface area (Å²) >= 11 is 1.60. The molecule has 0 radical (unpaired) electrons. The second-order valence-electron chi connectivity index (χ2n) is 4.36. The summed E-state index contributed by atoms with van der Waals surface area (Å²) in [6.07, 6.45) is 0.685. The number of nitrogen functional groups attached to an aromatic ring is 1. The van der Waals surface area contributed by atoms with E-state index in [9.17, 15) is 8.42 Å². The number of benzene rings is 1. The van der Waals surface area contributed by atoms with Crippen molar-refractivity contribution in [3.63, 3.8) is 0 Å². The number of hydrogen-bond acceptors (Lipinski definition) is 4. The van der Waals surface area contributed by atoms with Crippen molar-refractivity contribution in [1.29, 1.82) is 0 Å². The summed E-state index contributed by atoms with van der Waals surface area (Å²) in [5.41, 5.74) is 8.10. The van der Waals surface area contributed by atoms with E-state index in [2.05, 4.69) is 4.72 Å². The maximum atomic E-state index is 12.1. The summed E-state index contributed by atoms with van der Waals surface area (Å²) in [6.45, 7) is 2.20. The summed E-state index contributed by atoms with van der Waals surface area (Å²) in [4.78, 5) is 0.218. The highest BCUT2D eigenvalue weighted by molar-refractivity contribution is 7.89. The molecule has 0 saturated heterocycles. The van der Waals surface area contributed by atoms with Crippen LogP contribution in [0.4, 0.5) is 5.69 Å². The van der Waals surface area contributed by atoms with Gasteiger partial charge >= 0.3 is 0 Å². The van der Waals surface area contributed by atoms with Crippen LogP contribution in [0, 0.1) is 6.92 Å². The molecule has 1 aromatic carbocycles. The van der Waals surface area contributed by atoms with Gasteiger partial charge in [-0.15, -0.1) is 0 Å². The minimum Gasteiger partial charge on any atom is -0.399 e. The van der Waals surface area contributed by atoms with Crippen LogP contribution in [0.15, 0.2) is 39.9 Å². The fourth-order valence-electron chi connectivity index (χ4n) is 1.78. The number of aryl methyl sites for hydroxylation is 1. The largest absolute Gasteiger partial charge is 0.399 e. The van der Waals surface area contributed by atoms with Crippen LogP contribution in [-0.2, 0) is 16.4 Å². The van der Waals surface area contributed by atoms with Gasteiger partial charge in [0.05, 0.1) is 4.90 Å². The van der Waals surface area contributed by atoms with Crippen LogP contribution in [0.1, 0.15) is 11.1 Å². The third-order valence-corrected chi connectivity index (χ3v) is 4.84. The smallest absolute Gasteiger partial charge is 0.240 e. The van der Waals surface area contributed by atoms with Crippen molar-refractivity contribution in [2.45, 2.75) is 18.2 Å². The van der Waals surface area contributed by atoms with E-state index in [1.54, 1.807) is 23.5 Å². The highest BCUT2D eigenvalue weighted by Gasteiger charge is 2.14. The monoisotopic (exact) mass is 296 g/mol. The Bertz CT molecular complexity index is 629. The van der Waals surface area contributed by atoms with Crippen molar-refractivity contribution in [3.05, 3.63) is 46.2 Å². The molecule has 0 saturated carbocycles. The molecule has 19 heavy (non-hydrogen) atoms. The van der Waals surface area contributed by atoms with E-state index in [4.69, 9.17) is 5.73 Å². The van der Waals surface area contributed by atoms with Crippen molar-refractivity contribution in [2.75, 3.05) is 12.3 Å². The second-order valence-corrected chi connectivity index (χ2v) is 6.91. The minimum absolute atomic E-state index is 0.218. The highest BCUT2D eigenvalue weighted by atomic mass is 32.2. The van der Waals surface area contributed by atoms with E-state index in [0.29, 0.717) is 18.7 Å².